The number of aromatic nitrogens is 1. The number of rotatable bonds is 1. The van der Waals surface area contributed by atoms with Crippen LogP contribution in [0.25, 0.3) is 11.1 Å². The molecule has 0 atom stereocenters. The Kier molecular flexibility index (Phi) is 2.34. The molecule has 0 bridgehead atoms. The second kappa shape index (κ2) is 3.81. The zero-order chi connectivity index (χ0) is 10.7. The van der Waals surface area contributed by atoms with Crippen LogP contribution in [0.5, 0.6) is 0 Å². The van der Waals surface area contributed by atoms with Crippen LogP contribution < -0.4 is 5.73 Å². The van der Waals surface area contributed by atoms with Crippen molar-refractivity contribution >= 4 is 5.69 Å². The SMILES string of the molecule is N#Cc1cncc(-c2ccccc2N)c1. The van der Waals surface area contributed by atoms with Crippen molar-refractivity contribution in [2.45, 2.75) is 0 Å². The van der Waals surface area contributed by atoms with E-state index in [1.807, 2.05) is 24.3 Å². The van der Waals surface area contributed by atoms with E-state index in [0.29, 0.717) is 11.3 Å². The lowest BCUT2D eigenvalue weighted by molar-refractivity contribution is 1.30. The number of nitrogen functional groups attached to an aromatic ring is 1. The zero-order valence-corrected chi connectivity index (χ0v) is 8.01. The fourth-order valence-corrected chi connectivity index (χ4v) is 1.41. The van der Waals surface area contributed by atoms with Gasteiger partial charge in [0.05, 0.1) is 5.56 Å². The first-order valence-electron chi connectivity index (χ1n) is 4.51. The summed E-state index contributed by atoms with van der Waals surface area (Å²) < 4.78 is 0. The highest BCUT2D eigenvalue weighted by atomic mass is 14.6. The Morgan fingerprint density at radius 1 is 1.20 bits per heavy atom. The van der Waals surface area contributed by atoms with Gasteiger partial charge in [-0.1, -0.05) is 18.2 Å². The van der Waals surface area contributed by atoms with E-state index in [1.165, 1.54) is 6.20 Å². The van der Waals surface area contributed by atoms with Crippen molar-refractivity contribution in [1.29, 1.82) is 5.26 Å². The Balaban J connectivity index is 2.55. The van der Waals surface area contributed by atoms with Crippen LogP contribution in [-0.4, -0.2) is 4.98 Å². The van der Waals surface area contributed by atoms with Crippen LogP contribution >= 0.6 is 0 Å². The van der Waals surface area contributed by atoms with Gasteiger partial charge in [-0.05, 0) is 12.1 Å². The standard InChI is InChI=1S/C12H9N3/c13-6-9-5-10(8-15-7-9)11-3-1-2-4-12(11)14/h1-5,7-8H,14H2. The number of pyridine rings is 1. The maximum absolute atomic E-state index is 8.76. The third kappa shape index (κ3) is 1.79. The Bertz CT molecular complexity index is 526. The first-order valence-corrected chi connectivity index (χ1v) is 4.51. The van der Waals surface area contributed by atoms with Gasteiger partial charge in [0.1, 0.15) is 6.07 Å². The van der Waals surface area contributed by atoms with E-state index < -0.39 is 0 Å². The molecule has 3 nitrogen and oxygen atoms in total. The molecule has 0 fully saturated rings. The lowest BCUT2D eigenvalue weighted by Crippen LogP contribution is -1.90. The van der Waals surface area contributed by atoms with Gasteiger partial charge in [-0.15, -0.1) is 0 Å². The first-order chi connectivity index (χ1) is 7.31. The molecule has 1 aromatic heterocycles. The molecule has 1 heterocycles. The van der Waals surface area contributed by atoms with Crippen molar-refractivity contribution in [2.75, 3.05) is 5.73 Å². The topological polar surface area (TPSA) is 62.7 Å². The van der Waals surface area contributed by atoms with Crippen LogP contribution in [0, 0.1) is 11.3 Å². The molecule has 0 amide bonds. The molecular formula is C12H9N3. The molecule has 15 heavy (non-hydrogen) atoms. The van der Waals surface area contributed by atoms with Crippen molar-refractivity contribution < 1.29 is 0 Å². The summed E-state index contributed by atoms with van der Waals surface area (Å²) in [5.74, 6) is 0. The van der Waals surface area contributed by atoms with Crippen molar-refractivity contribution in [3.63, 3.8) is 0 Å². The number of nitrogens with zero attached hydrogens (tertiary/aromatic N) is 2. The monoisotopic (exact) mass is 195 g/mol. The maximum atomic E-state index is 8.76. The molecule has 2 rings (SSSR count). The summed E-state index contributed by atoms with van der Waals surface area (Å²) in [6, 6.07) is 11.4. The zero-order valence-electron chi connectivity index (χ0n) is 8.01. The quantitative estimate of drug-likeness (QED) is 0.709. The summed E-state index contributed by atoms with van der Waals surface area (Å²) >= 11 is 0. The molecule has 72 valence electrons. The largest absolute Gasteiger partial charge is 0.398 e. The molecule has 0 radical (unpaired) electrons. The number of para-hydroxylation sites is 1. The number of nitrogens with two attached hydrogens (primary N) is 1. The molecule has 0 aliphatic heterocycles. The Morgan fingerprint density at radius 3 is 2.73 bits per heavy atom. The predicted octanol–water partition coefficient (Wildman–Crippen LogP) is 2.20. The van der Waals surface area contributed by atoms with E-state index in [1.54, 1.807) is 12.3 Å². The minimum atomic E-state index is 0.538. The van der Waals surface area contributed by atoms with E-state index in [-0.39, 0.29) is 0 Å². The van der Waals surface area contributed by atoms with Gasteiger partial charge in [-0.25, -0.2) is 0 Å². The normalized spacial score (nSPS) is 9.53. The van der Waals surface area contributed by atoms with Crippen LogP contribution in [0.2, 0.25) is 0 Å². The number of hydrogen-bond donors (Lipinski definition) is 1. The van der Waals surface area contributed by atoms with Crippen LogP contribution in [0.3, 0.4) is 0 Å². The first kappa shape index (κ1) is 9.22. The fourth-order valence-electron chi connectivity index (χ4n) is 1.41. The third-order valence-corrected chi connectivity index (χ3v) is 2.14. The van der Waals surface area contributed by atoms with Crippen molar-refractivity contribution in [3.8, 4) is 17.2 Å². The highest BCUT2D eigenvalue weighted by Gasteiger charge is 2.02. The summed E-state index contributed by atoms with van der Waals surface area (Å²) in [6.45, 7) is 0. The summed E-state index contributed by atoms with van der Waals surface area (Å²) in [4.78, 5) is 3.99. The van der Waals surface area contributed by atoms with Gasteiger partial charge in [-0.2, -0.15) is 5.26 Å². The second-order valence-corrected chi connectivity index (χ2v) is 3.16. The summed E-state index contributed by atoms with van der Waals surface area (Å²) in [5.41, 5.74) is 8.83. The van der Waals surface area contributed by atoms with Gasteiger partial charge >= 0.3 is 0 Å². The Labute approximate surface area is 87.8 Å². The average molecular weight is 195 g/mol. The van der Waals surface area contributed by atoms with E-state index in [0.717, 1.165) is 11.1 Å². The summed E-state index contributed by atoms with van der Waals surface area (Å²) in [5, 5.41) is 8.76. The molecule has 0 aliphatic carbocycles. The third-order valence-electron chi connectivity index (χ3n) is 2.14. The van der Waals surface area contributed by atoms with Gasteiger partial charge < -0.3 is 5.73 Å². The lowest BCUT2D eigenvalue weighted by Gasteiger charge is -2.04. The second-order valence-electron chi connectivity index (χ2n) is 3.16. The molecule has 0 saturated carbocycles. The molecule has 0 unspecified atom stereocenters. The van der Waals surface area contributed by atoms with Gasteiger partial charge in [0.25, 0.3) is 0 Å². The highest BCUT2D eigenvalue weighted by molar-refractivity contribution is 5.76. The van der Waals surface area contributed by atoms with Crippen LogP contribution in [0.15, 0.2) is 42.7 Å². The maximum Gasteiger partial charge on any atom is 0.101 e. The highest BCUT2D eigenvalue weighted by Crippen LogP contribution is 2.24. The predicted molar refractivity (Wildman–Crippen MR) is 58.8 cm³/mol. The molecule has 0 saturated heterocycles. The summed E-state index contributed by atoms with van der Waals surface area (Å²) in [7, 11) is 0. The minimum absolute atomic E-state index is 0.538. The van der Waals surface area contributed by atoms with E-state index in [9.17, 15) is 0 Å². The van der Waals surface area contributed by atoms with Gasteiger partial charge in [-0.3, -0.25) is 4.98 Å². The molecule has 2 N–H and O–H groups in total. The van der Waals surface area contributed by atoms with E-state index in [4.69, 9.17) is 11.0 Å². The number of benzene rings is 1. The molecule has 2 aromatic rings. The van der Waals surface area contributed by atoms with Crippen LogP contribution in [-0.2, 0) is 0 Å². The average Bonchev–Trinajstić information content (AvgIpc) is 2.30. The molecular weight excluding hydrogens is 186 g/mol. The van der Waals surface area contributed by atoms with Crippen molar-refractivity contribution in [1.82, 2.24) is 4.98 Å². The lowest BCUT2D eigenvalue weighted by atomic mass is 10.0. The summed E-state index contributed by atoms with van der Waals surface area (Å²) in [6.07, 6.45) is 3.23. The van der Waals surface area contributed by atoms with Crippen molar-refractivity contribution in [2.24, 2.45) is 0 Å². The Morgan fingerprint density at radius 2 is 2.00 bits per heavy atom. The van der Waals surface area contributed by atoms with Gasteiger partial charge in [0.15, 0.2) is 0 Å². The van der Waals surface area contributed by atoms with E-state index in [2.05, 4.69) is 11.1 Å². The smallest absolute Gasteiger partial charge is 0.101 e. The number of nitriles is 1. The molecule has 0 aliphatic rings. The minimum Gasteiger partial charge on any atom is -0.398 e. The van der Waals surface area contributed by atoms with Crippen LogP contribution in [0.4, 0.5) is 5.69 Å². The fraction of sp³-hybridized carbons (Fsp3) is 0. The van der Waals surface area contributed by atoms with Gasteiger partial charge in [0, 0.05) is 29.2 Å². The van der Waals surface area contributed by atoms with E-state index >= 15 is 0 Å². The van der Waals surface area contributed by atoms with Crippen LogP contribution in [0.1, 0.15) is 5.56 Å². The van der Waals surface area contributed by atoms with Gasteiger partial charge in [0.2, 0.25) is 0 Å². The number of anilines is 1. The molecule has 3 heteroatoms. The molecule has 1 aromatic carbocycles. The molecule has 0 spiro atoms. The Hall–Kier alpha value is -2.34. The van der Waals surface area contributed by atoms with Crippen molar-refractivity contribution in [3.05, 3.63) is 48.3 Å². The number of hydrogen-bond acceptors (Lipinski definition) is 3.